The minimum Gasteiger partial charge on any atom is -0.326 e. The second-order valence-electron chi connectivity index (χ2n) is 6.19. The number of para-hydroxylation sites is 1. The number of amides is 1. The molecule has 0 radical (unpaired) electrons. The number of carbonyl (C=O) groups excluding carboxylic acids is 1. The predicted molar refractivity (Wildman–Crippen MR) is 103 cm³/mol. The number of nitro groups is 1. The van der Waals surface area contributed by atoms with Crippen molar-refractivity contribution in [1.29, 1.82) is 0 Å². The largest absolute Gasteiger partial charge is 0.326 e. The Morgan fingerprint density at radius 3 is 2.77 bits per heavy atom. The van der Waals surface area contributed by atoms with Crippen LogP contribution in [0.2, 0.25) is 0 Å². The zero-order valence-corrected chi connectivity index (χ0v) is 15.7. The summed E-state index contributed by atoms with van der Waals surface area (Å²) in [5.74, 6) is -0.282. The number of carbonyl (C=O) groups is 1. The summed E-state index contributed by atoms with van der Waals surface area (Å²) in [6, 6.07) is 10.8. The van der Waals surface area contributed by atoms with Crippen LogP contribution >= 0.6 is 22.7 Å². The second kappa shape index (κ2) is 6.66. The SMILES string of the molecule is Cc1cccc(C(=O)N2CCc3sccc3C2c2cccs2)c1[N+](=O)[O-]. The molecule has 1 aromatic carbocycles. The lowest BCUT2D eigenvalue weighted by atomic mass is 9.96. The molecule has 0 N–H and O–H groups in total. The van der Waals surface area contributed by atoms with Crippen molar-refractivity contribution in [3.8, 4) is 0 Å². The third-order valence-electron chi connectivity index (χ3n) is 4.69. The number of rotatable bonds is 3. The maximum atomic E-state index is 13.3. The van der Waals surface area contributed by atoms with Gasteiger partial charge in [0.1, 0.15) is 5.56 Å². The Morgan fingerprint density at radius 1 is 1.19 bits per heavy atom. The smallest absolute Gasteiger partial charge is 0.285 e. The van der Waals surface area contributed by atoms with E-state index in [1.165, 1.54) is 4.88 Å². The van der Waals surface area contributed by atoms with Crippen LogP contribution in [0.25, 0.3) is 0 Å². The van der Waals surface area contributed by atoms with Gasteiger partial charge in [0.05, 0.1) is 11.0 Å². The summed E-state index contributed by atoms with van der Waals surface area (Å²) in [5, 5.41) is 15.6. The molecule has 0 saturated carbocycles. The molecule has 1 aliphatic rings. The summed E-state index contributed by atoms with van der Waals surface area (Å²) in [7, 11) is 0. The highest BCUT2D eigenvalue weighted by Crippen LogP contribution is 2.40. The van der Waals surface area contributed by atoms with Crippen LogP contribution in [-0.2, 0) is 6.42 Å². The van der Waals surface area contributed by atoms with E-state index in [0.717, 1.165) is 16.9 Å². The molecule has 132 valence electrons. The monoisotopic (exact) mass is 384 g/mol. The van der Waals surface area contributed by atoms with E-state index < -0.39 is 4.92 Å². The summed E-state index contributed by atoms with van der Waals surface area (Å²) in [4.78, 5) is 28.6. The summed E-state index contributed by atoms with van der Waals surface area (Å²) in [6.45, 7) is 2.22. The Hall–Kier alpha value is -2.51. The van der Waals surface area contributed by atoms with Crippen molar-refractivity contribution >= 4 is 34.3 Å². The van der Waals surface area contributed by atoms with Gasteiger partial charge in [-0.2, -0.15) is 0 Å². The normalized spacial score (nSPS) is 16.3. The van der Waals surface area contributed by atoms with Crippen LogP contribution in [0.4, 0.5) is 5.69 Å². The molecule has 0 saturated heterocycles. The predicted octanol–water partition coefficient (Wildman–Crippen LogP) is 4.81. The number of thiophene rings is 2. The lowest BCUT2D eigenvalue weighted by molar-refractivity contribution is -0.385. The molecule has 1 amide bonds. The quantitative estimate of drug-likeness (QED) is 0.481. The van der Waals surface area contributed by atoms with E-state index in [4.69, 9.17) is 0 Å². The fourth-order valence-electron chi connectivity index (χ4n) is 3.52. The first-order chi connectivity index (χ1) is 12.6. The maximum Gasteiger partial charge on any atom is 0.285 e. The summed E-state index contributed by atoms with van der Waals surface area (Å²) in [5.41, 5.74) is 1.70. The molecule has 0 aliphatic carbocycles. The number of nitrogens with zero attached hydrogens (tertiary/aromatic N) is 2. The van der Waals surface area contributed by atoms with Crippen LogP contribution in [0.3, 0.4) is 0 Å². The number of hydrogen-bond donors (Lipinski definition) is 0. The van der Waals surface area contributed by atoms with E-state index in [-0.39, 0.29) is 23.2 Å². The highest BCUT2D eigenvalue weighted by Gasteiger charge is 2.36. The average Bonchev–Trinajstić information content (AvgIpc) is 3.31. The van der Waals surface area contributed by atoms with Gasteiger partial charge in [-0.3, -0.25) is 14.9 Å². The summed E-state index contributed by atoms with van der Waals surface area (Å²) >= 11 is 3.31. The molecular formula is C19H16N2O3S2. The summed E-state index contributed by atoms with van der Waals surface area (Å²) in [6.07, 6.45) is 0.778. The van der Waals surface area contributed by atoms with Crippen molar-refractivity contribution in [2.75, 3.05) is 6.54 Å². The number of nitro benzene ring substituents is 1. The first-order valence-corrected chi connectivity index (χ1v) is 9.98. The third-order valence-corrected chi connectivity index (χ3v) is 6.61. The Bertz CT molecular complexity index is 979. The fourth-order valence-corrected chi connectivity index (χ4v) is 5.28. The van der Waals surface area contributed by atoms with Crippen molar-refractivity contribution in [3.05, 3.63) is 83.7 Å². The summed E-state index contributed by atoms with van der Waals surface area (Å²) < 4.78 is 0. The number of benzene rings is 1. The molecule has 3 heterocycles. The highest BCUT2D eigenvalue weighted by atomic mass is 32.1. The Balaban J connectivity index is 1.81. The molecule has 5 nitrogen and oxygen atoms in total. The lowest BCUT2D eigenvalue weighted by Gasteiger charge is -2.35. The molecule has 0 spiro atoms. The van der Waals surface area contributed by atoms with Gasteiger partial charge in [0, 0.05) is 21.9 Å². The van der Waals surface area contributed by atoms with Crippen LogP contribution in [0.1, 0.15) is 37.3 Å². The van der Waals surface area contributed by atoms with E-state index in [1.54, 1.807) is 52.7 Å². The minimum absolute atomic E-state index is 0.0986. The van der Waals surface area contributed by atoms with Crippen molar-refractivity contribution < 1.29 is 9.72 Å². The molecule has 1 aliphatic heterocycles. The van der Waals surface area contributed by atoms with E-state index in [1.807, 2.05) is 22.9 Å². The van der Waals surface area contributed by atoms with Crippen LogP contribution in [0, 0.1) is 17.0 Å². The van der Waals surface area contributed by atoms with Gasteiger partial charge in [-0.15, -0.1) is 22.7 Å². The van der Waals surface area contributed by atoms with Crippen molar-refractivity contribution in [2.24, 2.45) is 0 Å². The van der Waals surface area contributed by atoms with Crippen molar-refractivity contribution in [3.63, 3.8) is 0 Å². The Labute approximate surface area is 158 Å². The standard InChI is InChI=1S/C19H16N2O3S2/c1-12-4-2-5-14(17(12)21(23)24)19(22)20-9-7-15-13(8-11-26-15)18(20)16-6-3-10-25-16/h2-6,8,10-11,18H,7,9H2,1H3. The van der Waals surface area contributed by atoms with Gasteiger partial charge in [-0.25, -0.2) is 0 Å². The molecule has 7 heteroatoms. The van der Waals surface area contributed by atoms with Gasteiger partial charge in [-0.05, 0) is 47.9 Å². The zero-order valence-electron chi connectivity index (χ0n) is 14.0. The molecular weight excluding hydrogens is 368 g/mol. The molecule has 4 rings (SSSR count). The number of hydrogen-bond acceptors (Lipinski definition) is 5. The number of aryl methyl sites for hydroxylation is 1. The minimum atomic E-state index is -0.456. The average molecular weight is 384 g/mol. The van der Waals surface area contributed by atoms with Crippen molar-refractivity contribution in [1.82, 2.24) is 4.90 Å². The topological polar surface area (TPSA) is 63.5 Å². The van der Waals surface area contributed by atoms with Crippen molar-refractivity contribution in [2.45, 2.75) is 19.4 Å². The first-order valence-electron chi connectivity index (χ1n) is 8.22. The van der Waals surface area contributed by atoms with Gasteiger partial charge in [0.2, 0.25) is 0 Å². The Kier molecular flexibility index (Phi) is 4.34. The van der Waals surface area contributed by atoms with Crippen LogP contribution in [0.15, 0.2) is 47.2 Å². The van der Waals surface area contributed by atoms with Gasteiger partial charge in [0.15, 0.2) is 0 Å². The van der Waals surface area contributed by atoms with Crippen LogP contribution < -0.4 is 0 Å². The molecule has 0 bridgehead atoms. The highest BCUT2D eigenvalue weighted by molar-refractivity contribution is 7.10. The molecule has 2 aromatic heterocycles. The Morgan fingerprint density at radius 2 is 2.04 bits per heavy atom. The molecule has 0 fully saturated rings. The van der Waals surface area contributed by atoms with Gasteiger partial charge < -0.3 is 4.90 Å². The second-order valence-corrected chi connectivity index (χ2v) is 8.17. The first kappa shape index (κ1) is 16.9. The maximum absolute atomic E-state index is 13.3. The lowest BCUT2D eigenvalue weighted by Crippen LogP contribution is -2.40. The zero-order chi connectivity index (χ0) is 18.3. The van der Waals surface area contributed by atoms with E-state index in [9.17, 15) is 14.9 Å². The van der Waals surface area contributed by atoms with E-state index >= 15 is 0 Å². The molecule has 1 atom stereocenters. The van der Waals surface area contributed by atoms with Gasteiger partial charge in [0.25, 0.3) is 11.6 Å². The van der Waals surface area contributed by atoms with Crippen LogP contribution in [0.5, 0.6) is 0 Å². The third kappa shape index (κ3) is 2.73. The van der Waals surface area contributed by atoms with Gasteiger partial charge in [-0.1, -0.05) is 18.2 Å². The molecule has 26 heavy (non-hydrogen) atoms. The van der Waals surface area contributed by atoms with E-state index in [2.05, 4.69) is 6.07 Å². The van der Waals surface area contributed by atoms with Crippen LogP contribution in [-0.4, -0.2) is 22.3 Å². The van der Waals surface area contributed by atoms with Gasteiger partial charge >= 0.3 is 0 Å². The fraction of sp³-hybridized carbons (Fsp3) is 0.211. The number of fused-ring (bicyclic) bond motifs is 1. The van der Waals surface area contributed by atoms with E-state index in [0.29, 0.717) is 12.1 Å². The molecule has 1 unspecified atom stereocenters. The molecule has 3 aromatic rings.